The first kappa shape index (κ1) is 14.1. The Morgan fingerprint density at radius 2 is 1.52 bits per heavy atom. The summed E-state index contributed by atoms with van der Waals surface area (Å²) < 4.78 is 0. The number of hydrogen-bond acceptors (Lipinski definition) is 3. The molecule has 1 aromatic carbocycles. The number of pyridine rings is 1. The number of carbonyl (C=O) groups excluding carboxylic acids is 2. The van der Waals surface area contributed by atoms with E-state index in [1.54, 1.807) is 18.3 Å². The molecule has 4 nitrogen and oxygen atoms in total. The summed E-state index contributed by atoms with van der Waals surface area (Å²) in [5.41, 5.74) is 2.35. The van der Waals surface area contributed by atoms with E-state index in [1.807, 2.05) is 24.4 Å². The van der Waals surface area contributed by atoms with Crippen LogP contribution in [0.1, 0.15) is 57.9 Å². The van der Waals surface area contributed by atoms with Crippen molar-refractivity contribution in [3.63, 3.8) is 0 Å². The number of aromatic nitrogens is 1. The van der Waals surface area contributed by atoms with E-state index in [4.69, 9.17) is 0 Å². The molecule has 0 bridgehead atoms. The van der Waals surface area contributed by atoms with Gasteiger partial charge in [-0.2, -0.15) is 0 Å². The Morgan fingerprint density at radius 1 is 0.870 bits per heavy atom. The number of imide groups is 1. The molecule has 0 spiro atoms. The number of fused-ring (bicyclic) bond motifs is 1. The quantitative estimate of drug-likeness (QED) is 0.799. The second-order valence-electron chi connectivity index (χ2n) is 6.32. The fraction of sp³-hybridized carbons (Fsp3) is 0.316. The highest BCUT2D eigenvalue weighted by Gasteiger charge is 2.40. The van der Waals surface area contributed by atoms with Gasteiger partial charge in [0.1, 0.15) is 0 Å². The van der Waals surface area contributed by atoms with Crippen molar-refractivity contribution < 1.29 is 9.59 Å². The predicted octanol–water partition coefficient (Wildman–Crippen LogP) is 3.40. The number of hydrogen-bond donors (Lipinski definition) is 0. The summed E-state index contributed by atoms with van der Waals surface area (Å²) in [6.07, 6.45) is 7.42. The molecule has 1 aliphatic heterocycles. The third-order valence-electron chi connectivity index (χ3n) is 5.04. The molecule has 0 atom stereocenters. The fourth-order valence-corrected chi connectivity index (χ4v) is 3.82. The molecule has 0 N–H and O–H groups in total. The smallest absolute Gasteiger partial charge is 0.261 e. The Hall–Kier alpha value is -2.49. The summed E-state index contributed by atoms with van der Waals surface area (Å²) in [7, 11) is 0. The Bertz CT molecular complexity index is 714. The van der Waals surface area contributed by atoms with Crippen LogP contribution in [0, 0.1) is 0 Å². The third kappa shape index (κ3) is 2.34. The van der Waals surface area contributed by atoms with E-state index in [-0.39, 0.29) is 17.9 Å². The molecular weight excluding hydrogens is 288 g/mol. The van der Waals surface area contributed by atoms with Crippen molar-refractivity contribution in [2.75, 3.05) is 0 Å². The van der Waals surface area contributed by atoms with E-state index in [2.05, 4.69) is 11.1 Å². The molecule has 0 radical (unpaired) electrons. The normalized spacial score (nSPS) is 23.9. The summed E-state index contributed by atoms with van der Waals surface area (Å²) in [5.74, 6) is 0.223. The zero-order valence-corrected chi connectivity index (χ0v) is 12.8. The van der Waals surface area contributed by atoms with Gasteiger partial charge in [-0.15, -0.1) is 0 Å². The highest BCUT2D eigenvalue weighted by Crippen LogP contribution is 2.37. The fourth-order valence-electron chi connectivity index (χ4n) is 3.82. The van der Waals surface area contributed by atoms with Crippen LogP contribution in [0.4, 0.5) is 0 Å². The van der Waals surface area contributed by atoms with Crippen molar-refractivity contribution in [1.29, 1.82) is 0 Å². The molecule has 1 saturated carbocycles. The predicted molar refractivity (Wildman–Crippen MR) is 86.2 cm³/mol. The molecule has 2 heterocycles. The van der Waals surface area contributed by atoms with Crippen molar-refractivity contribution in [1.82, 2.24) is 9.88 Å². The minimum Gasteiger partial charge on any atom is -0.271 e. The van der Waals surface area contributed by atoms with Gasteiger partial charge in [-0.05, 0) is 55.4 Å². The van der Waals surface area contributed by atoms with Crippen molar-refractivity contribution in [3.8, 4) is 0 Å². The monoisotopic (exact) mass is 306 g/mol. The van der Waals surface area contributed by atoms with Gasteiger partial charge in [-0.1, -0.05) is 18.2 Å². The van der Waals surface area contributed by atoms with Gasteiger partial charge in [-0.25, -0.2) is 0 Å². The van der Waals surface area contributed by atoms with Crippen LogP contribution in [-0.2, 0) is 0 Å². The van der Waals surface area contributed by atoms with Gasteiger partial charge in [0.05, 0.1) is 11.1 Å². The average molecular weight is 306 g/mol. The molecule has 23 heavy (non-hydrogen) atoms. The first-order valence-electron chi connectivity index (χ1n) is 8.12. The van der Waals surface area contributed by atoms with E-state index >= 15 is 0 Å². The minimum atomic E-state index is -0.129. The lowest BCUT2D eigenvalue weighted by molar-refractivity contribution is 0.0542. The van der Waals surface area contributed by atoms with Crippen molar-refractivity contribution in [2.45, 2.75) is 37.6 Å². The number of rotatable bonds is 2. The molecule has 2 amide bonds. The van der Waals surface area contributed by atoms with Gasteiger partial charge >= 0.3 is 0 Å². The van der Waals surface area contributed by atoms with Crippen molar-refractivity contribution in [3.05, 3.63) is 65.5 Å². The van der Waals surface area contributed by atoms with Crippen LogP contribution in [0.2, 0.25) is 0 Å². The van der Waals surface area contributed by atoms with Crippen LogP contribution < -0.4 is 0 Å². The first-order valence-corrected chi connectivity index (χ1v) is 8.12. The summed E-state index contributed by atoms with van der Waals surface area (Å²) in [5, 5.41) is 0. The van der Waals surface area contributed by atoms with Crippen molar-refractivity contribution in [2.24, 2.45) is 0 Å². The van der Waals surface area contributed by atoms with Gasteiger partial charge in [-0.3, -0.25) is 19.5 Å². The summed E-state index contributed by atoms with van der Waals surface area (Å²) >= 11 is 0. The highest BCUT2D eigenvalue weighted by molar-refractivity contribution is 6.21. The lowest BCUT2D eigenvalue weighted by Crippen LogP contribution is -2.41. The molecule has 0 saturated heterocycles. The summed E-state index contributed by atoms with van der Waals surface area (Å²) in [6.45, 7) is 0. The molecule has 116 valence electrons. The lowest BCUT2D eigenvalue weighted by Gasteiger charge is -2.33. The maximum Gasteiger partial charge on any atom is 0.261 e. The maximum atomic E-state index is 12.6. The zero-order valence-electron chi connectivity index (χ0n) is 12.8. The average Bonchev–Trinajstić information content (AvgIpc) is 2.87. The molecule has 2 aliphatic rings. The molecular formula is C19H18N2O2. The molecule has 1 aromatic heterocycles. The standard InChI is InChI=1S/C19H18N2O2/c22-18-16-5-1-2-6-17(16)19(23)21(18)15-9-7-13(8-10-15)14-4-3-11-20-12-14/h1-6,11-13,15H,7-10H2/t13-,15+. The summed E-state index contributed by atoms with van der Waals surface area (Å²) in [4.78, 5) is 30.8. The van der Waals surface area contributed by atoms with Crippen LogP contribution in [0.5, 0.6) is 0 Å². The Balaban J connectivity index is 1.50. The van der Waals surface area contributed by atoms with E-state index in [0.29, 0.717) is 17.0 Å². The molecule has 4 heteroatoms. The number of nitrogens with zero attached hydrogens (tertiary/aromatic N) is 2. The van der Waals surface area contributed by atoms with E-state index in [0.717, 1.165) is 25.7 Å². The summed E-state index contributed by atoms with van der Waals surface area (Å²) in [6, 6.07) is 11.2. The first-order chi connectivity index (χ1) is 11.3. The van der Waals surface area contributed by atoms with Crippen LogP contribution in [0.3, 0.4) is 0 Å². The minimum absolute atomic E-state index is 0.0234. The number of amides is 2. The molecule has 1 aliphatic carbocycles. The maximum absolute atomic E-state index is 12.6. The van der Waals surface area contributed by atoms with Crippen LogP contribution in [0.15, 0.2) is 48.8 Å². The van der Waals surface area contributed by atoms with E-state index < -0.39 is 0 Å². The number of carbonyl (C=O) groups is 2. The second kappa shape index (κ2) is 5.61. The zero-order chi connectivity index (χ0) is 15.8. The lowest BCUT2D eigenvalue weighted by atomic mass is 9.82. The SMILES string of the molecule is O=C1c2ccccc2C(=O)N1[C@H]1CC[C@@H](c2cccnc2)CC1. The second-order valence-corrected chi connectivity index (χ2v) is 6.32. The molecule has 2 aromatic rings. The van der Waals surface area contributed by atoms with Gasteiger partial charge in [0.15, 0.2) is 0 Å². The van der Waals surface area contributed by atoms with E-state index in [9.17, 15) is 9.59 Å². The Labute approximate surface area is 135 Å². The molecule has 4 rings (SSSR count). The van der Waals surface area contributed by atoms with Gasteiger partial charge < -0.3 is 0 Å². The van der Waals surface area contributed by atoms with Crippen LogP contribution in [0.25, 0.3) is 0 Å². The Morgan fingerprint density at radius 3 is 2.09 bits per heavy atom. The van der Waals surface area contributed by atoms with Gasteiger partial charge in [0.25, 0.3) is 11.8 Å². The molecule has 0 unspecified atom stereocenters. The topological polar surface area (TPSA) is 50.3 Å². The van der Waals surface area contributed by atoms with Crippen molar-refractivity contribution >= 4 is 11.8 Å². The molecule has 1 fully saturated rings. The van der Waals surface area contributed by atoms with Gasteiger partial charge in [0.2, 0.25) is 0 Å². The van der Waals surface area contributed by atoms with Gasteiger partial charge in [0, 0.05) is 18.4 Å². The van der Waals surface area contributed by atoms with Crippen LogP contribution in [-0.4, -0.2) is 27.7 Å². The highest BCUT2D eigenvalue weighted by atomic mass is 16.2. The number of benzene rings is 1. The van der Waals surface area contributed by atoms with Crippen LogP contribution >= 0.6 is 0 Å². The van der Waals surface area contributed by atoms with E-state index in [1.165, 1.54) is 10.5 Å². The largest absolute Gasteiger partial charge is 0.271 e. The Kier molecular flexibility index (Phi) is 3.45. The third-order valence-corrected chi connectivity index (χ3v) is 5.04.